The molecule has 0 unspecified atom stereocenters. The van der Waals surface area contributed by atoms with Crippen molar-refractivity contribution in [2.75, 3.05) is 4.31 Å². The molecule has 0 heterocycles. The normalized spacial score (nSPS) is 17.8. The summed E-state index contributed by atoms with van der Waals surface area (Å²) in [6, 6.07) is 12.9. The monoisotopic (exact) mass is 483 g/mol. The van der Waals surface area contributed by atoms with Crippen molar-refractivity contribution in [1.82, 2.24) is 0 Å². The lowest BCUT2D eigenvalue weighted by Crippen LogP contribution is -2.42. The van der Waals surface area contributed by atoms with Crippen LogP contribution in [0.15, 0.2) is 53.4 Å². The average molecular weight is 484 g/mol. The van der Waals surface area contributed by atoms with Gasteiger partial charge in [0.2, 0.25) is 5.91 Å². The maximum atomic E-state index is 13.7. The van der Waals surface area contributed by atoms with E-state index >= 15 is 0 Å². The second kappa shape index (κ2) is 10.7. The minimum absolute atomic E-state index is 0.0753. The first kappa shape index (κ1) is 24.5. The Morgan fingerprint density at radius 2 is 1.41 bits per heavy atom. The summed E-state index contributed by atoms with van der Waals surface area (Å²) in [7, 11) is -4.10. The number of rotatable bonds is 6. The first-order chi connectivity index (χ1) is 16.4. The Hall–Kier alpha value is -2.67. The summed E-state index contributed by atoms with van der Waals surface area (Å²) < 4.78 is 33.9. The molecular weight excluding hydrogens is 450 g/mol. The van der Waals surface area contributed by atoms with Crippen molar-refractivity contribution in [3.8, 4) is 5.75 Å². The SMILES string of the molecule is Cc1cc(OC(=O)C2CCCCC2)ccc1N(C(=O)C1CCCCC1)S(=O)(=O)c1ccccc1. The summed E-state index contributed by atoms with van der Waals surface area (Å²) in [6.45, 7) is 1.74. The van der Waals surface area contributed by atoms with Crippen LogP contribution in [0.2, 0.25) is 0 Å². The van der Waals surface area contributed by atoms with Crippen molar-refractivity contribution in [3.05, 3.63) is 54.1 Å². The van der Waals surface area contributed by atoms with Gasteiger partial charge >= 0.3 is 5.97 Å². The van der Waals surface area contributed by atoms with Crippen molar-refractivity contribution in [2.24, 2.45) is 11.8 Å². The van der Waals surface area contributed by atoms with E-state index in [2.05, 4.69) is 0 Å². The number of ether oxygens (including phenoxy) is 1. The van der Waals surface area contributed by atoms with Crippen LogP contribution in [0.4, 0.5) is 5.69 Å². The van der Waals surface area contributed by atoms with Gasteiger partial charge in [0, 0.05) is 5.92 Å². The third-order valence-corrected chi connectivity index (χ3v) is 8.71. The van der Waals surface area contributed by atoms with Crippen LogP contribution >= 0.6 is 0 Å². The summed E-state index contributed by atoms with van der Waals surface area (Å²) >= 11 is 0. The molecule has 34 heavy (non-hydrogen) atoms. The van der Waals surface area contributed by atoms with Crippen LogP contribution in [0.25, 0.3) is 0 Å². The van der Waals surface area contributed by atoms with E-state index in [0.717, 1.165) is 55.7 Å². The highest BCUT2D eigenvalue weighted by Gasteiger charge is 2.36. The third-order valence-electron chi connectivity index (χ3n) is 6.98. The predicted molar refractivity (Wildman–Crippen MR) is 131 cm³/mol. The molecule has 2 aliphatic carbocycles. The first-order valence-electron chi connectivity index (χ1n) is 12.3. The molecule has 4 rings (SSSR count). The van der Waals surface area contributed by atoms with Crippen LogP contribution in [-0.4, -0.2) is 20.3 Å². The number of benzene rings is 2. The molecule has 0 N–H and O–H groups in total. The molecule has 2 saturated carbocycles. The Kier molecular flexibility index (Phi) is 7.71. The number of hydrogen-bond acceptors (Lipinski definition) is 5. The molecule has 0 saturated heterocycles. The Labute approximate surface area is 202 Å². The van der Waals surface area contributed by atoms with Crippen molar-refractivity contribution >= 4 is 27.6 Å². The fourth-order valence-electron chi connectivity index (χ4n) is 5.04. The third kappa shape index (κ3) is 5.35. The van der Waals surface area contributed by atoms with Gasteiger partial charge in [0.15, 0.2) is 0 Å². The van der Waals surface area contributed by atoms with Crippen LogP contribution < -0.4 is 9.04 Å². The van der Waals surface area contributed by atoms with E-state index < -0.39 is 15.9 Å². The lowest BCUT2D eigenvalue weighted by Gasteiger charge is -2.30. The van der Waals surface area contributed by atoms with Gasteiger partial charge in [-0.2, -0.15) is 0 Å². The maximum Gasteiger partial charge on any atom is 0.314 e. The highest BCUT2D eigenvalue weighted by Crippen LogP contribution is 2.35. The van der Waals surface area contributed by atoms with E-state index in [4.69, 9.17) is 4.74 Å². The Morgan fingerprint density at radius 1 is 0.824 bits per heavy atom. The first-order valence-corrected chi connectivity index (χ1v) is 13.8. The number of carbonyl (C=O) groups excluding carboxylic acids is 2. The van der Waals surface area contributed by atoms with Crippen molar-refractivity contribution in [2.45, 2.75) is 76.0 Å². The van der Waals surface area contributed by atoms with Gasteiger partial charge in [-0.3, -0.25) is 9.59 Å². The zero-order chi connectivity index (χ0) is 24.1. The molecule has 0 atom stereocenters. The number of hydrogen-bond donors (Lipinski definition) is 0. The summed E-state index contributed by atoms with van der Waals surface area (Å²) in [5.74, 6) is -0.663. The van der Waals surface area contributed by atoms with Crippen LogP contribution in [0.3, 0.4) is 0 Å². The second-order valence-electron chi connectivity index (χ2n) is 9.46. The number of anilines is 1. The maximum absolute atomic E-state index is 13.7. The zero-order valence-corrected chi connectivity index (χ0v) is 20.6. The number of sulfonamides is 1. The Balaban J connectivity index is 1.65. The Bertz CT molecular complexity index is 1120. The van der Waals surface area contributed by atoms with Gasteiger partial charge in [0.05, 0.1) is 16.5 Å². The number of amides is 1. The van der Waals surface area contributed by atoms with Gasteiger partial charge in [-0.25, -0.2) is 12.7 Å². The molecule has 0 bridgehead atoms. The molecule has 6 nitrogen and oxygen atoms in total. The molecule has 182 valence electrons. The predicted octanol–water partition coefficient (Wildman–Crippen LogP) is 5.78. The molecule has 2 aromatic rings. The fourth-order valence-corrected chi connectivity index (χ4v) is 6.60. The number of carbonyl (C=O) groups is 2. The topological polar surface area (TPSA) is 80.8 Å². The number of nitrogens with zero attached hydrogens (tertiary/aromatic N) is 1. The van der Waals surface area contributed by atoms with Gasteiger partial charge in [-0.1, -0.05) is 56.7 Å². The van der Waals surface area contributed by atoms with Gasteiger partial charge in [-0.05, 0) is 68.5 Å². The lowest BCUT2D eigenvalue weighted by atomic mass is 9.88. The minimum atomic E-state index is -4.10. The second-order valence-corrected chi connectivity index (χ2v) is 11.2. The molecule has 0 aromatic heterocycles. The largest absolute Gasteiger partial charge is 0.426 e. The highest BCUT2D eigenvalue weighted by molar-refractivity contribution is 7.93. The number of esters is 1. The molecule has 0 radical (unpaired) electrons. The van der Waals surface area contributed by atoms with E-state index in [9.17, 15) is 18.0 Å². The Morgan fingerprint density at radius 3 is 2.00 bits per heavy atom. The molecule has 1 amide bonds. The van der Waals surface area contributed by atoms with Crippen molar-refractivity contribution in [1.29, 1.82) is 0 Å². The molecular formula is C27H33NO5S. The number of aryl methyl sites for hydroxylation is 1. The summed E-state index contributed by atoms with van der Waals surface area (Å²) in [5, 5.41) is 0. The summed E-state index contributed by atoms with van der Waals surface area (Å²) in [4.78, 5) is 26.3. The molecule has 0 aliphatic heterocycles. The quantitative estimate of drug-likeness (QED) is 0.384. The van der Waals surface area contributed by atoms with Crippen LogP contribution in [0.1, 0.15) is 69.8 Å². The van der Waals surface area contributed by atoms with E-state index in [1.165, 1.54) is 12.1 Å². The molecule has 7 heteroatoms. The smallest absolute Gasteiger partial charge is 0.314 e. The van der Waals surface area contributed by atoms with Gasteiger partial charge in [0.25, 0.3) is 10.0 Å². The van der Waals surface area contributed by atoms with Crippen LogP contribution in [0, 0.1) is 18.8 Å². The van der Waals surface area contributed by atoms with E-state index in [1.54, 1.807) is 43.3 Å². The minimum Gasteiger partial charge on any atom is -0.426 e. The molecule has 0 spiro atoms. The van der Waals surface area contributed by atoms with Gasteiger partial charge < -0.3 is 4.74 Å². The van der Waals surface area contributed by atoms with Crippen molar-refractivity contribution < 1.29 is 22.7 Å². The van der Waals surface area contributed by atoms with E-state index in [1.807, 2.05) is 0 Å². The van der Waals surface area contributed by atoms with E-state index in [0.29, 0.717) is 29.8 Å². The standard InChI is InChI=1S/C27H33NO5S/c1-20-19-23(33-27(30)22-13-7-3-8-14-22)17-18-25(20)28(26(29)21-11-5-2-6-12-21)34(31,32)24-15-9-4-10-16-24/h4,9-10,15-19,21-22H,2-3,5-8,11-14H2,1H3. The van der Waals surface area contributed by atoms with Crippen molar-refractivity contribution in [3.63, 3.8) is 0 Å². The molecule has 2 aliphatic rings. The highest BCUT2D eigenvalue weighted by atomic mass is 32.2. The lowest BCUT2D eigenvalue weighted by molar-refractivity contribution is -0.140. The van der Waals surface area contributed by atoms with Gasteiger partial charge in [-0.15, -0.1) is 0 Å². The van der Waals surface area contributed by atoms with Crippen LogP contribution in [-0.2, 0) is 19.6 Å². The van der Waals surface area contributed by atoms with Crippen LogP contribution in [0.5, 0.6) is 5.75 Å². The molecule has 2 fully saturated rings. The zero-order valence-electron chi connectivity index (χ0n) is 19.7. The molecule has 2 aromatic carbocycles. The summed E-state index contributed by atoms with van der Waals surface area (Å²) in [6.07, 6.45) is 9.19. The van der Waals surface area contributed by atoms with E-state index in [-0.39, 0.29) is 22.7 Å². The summed E-state index contributed by atoms with van der Waals surface area (Å²) in [5.41, 5.74) is 0.870. The average Bonchev–Trinajstić information content (AvgIpc) is 2.87. The van der Waals surface area contributed by atoms with Gasteiger partial charge in [0.1, 0.15) is 5.75 Å². The fraction of sp³-hybridized carbons (Fsp3) is 0.481.